The predicted octanol–water partition coefficient (Wildman–Crippen LogP) is 2.11. The number of rotatable bonds is 3. The molecule has 1 N–H and O–H groups in total. The highest BCUT2D eigenvalue weighted by Gasteiger charge is 2.28. The maximum absolute atomic E-state index is 12.1. The van der Waals surface area contributed by atoms with Gasteiger partial charge >= 0.3 is 0 Å². The first kappa shape index (κ1) is 13.4. The summed E-state index contributed by atoms with van der Waals surface area (Å²) in [7, 11) is 0. The summed E-state index contributed by atoms with van der Waals surface area (Å²) in [6, 6.07) is 7.42. The molecule has 0 aromatic heterocycles. The Bertz CT molecular complexity index is 434. The van der Waals surface area contributed by atoms with Crippen LogP contribution in [0.4, 0.5) is 0 Å². The van der Waals surface area contributed by atoms with Crippen LogP contribution in [-0.2, 0) is 11.2 Å². The molecule has 0 spiro atoms. The third-order valence-electron chi connectivity index (χ3n) is 3.56. The first-order valence-electron chi connectivity index (χ1n) is 6.27. The lowest BCUT2D eigenvalue weighted by atomic mass is 10.0. The van der Waals surface area contributed by atoms with Crippen LogP contribution in [0.1, 0.15) is 18.9 Å². The van der Waals surface area contributed by atoms with E-state index in [2.05, 4.69) is 0 Å². The molecule has 3 nitrogen and oxygen atoms in total. The molecule has 1 aromatic carbocycles. The zero-order chi connectivity index (χ0) is 13.1. The van der Waals surface area contributed by atoms with Crippen LogP contribution in [0.25, 0.3) is 0 Å². The van der Waals surface area contributed by atoms with Gasteiger partial charge in [0.2, 0.25) is 5.91 Å². The van der Waals surface area contributed by atoms with Crippen molar-refractivity contribution in [1.29, 1.82) is 0 Å². The summed E-state index contributed by atoms with van der Waals surface area (Å²) in [5.41, 5.74) is 0.865. The van der Waals surface area contributed by atoms with Gasteiger partial charge in [-0.2, -0.15) is 0 Å². The lowest BCUT2D eigenvalue weighted by Gasteiger charge is -2.18. The van der Waals surface area contributed by atoms with Crippen molar-refractivity contribution < 1.29 is 9.90 Å². The molecule has 2 atom stereocenters. The molecule has 1 amide bonds. The lowest BCUT2D eigenvalue weighted by molar-refractivity contribution is -0.129. The minimum Gasteiger partial charge on any atom is -0.393 e. The first-order chi connectivity index (χ1) is 8.58. The van der Waals surface area contributed by atoms with Crippen LogP contribution in [-0.4, -0.2) is 35.1 Å². The van der Waals surface area contributed by atoms with Crippen molar-refractivity contribution in [3.8, 4) is 0 Å². The Kier molecular flexibility index (Phi) is 4.25. The van der Waals surface area contributed by atoms with E-state index in [1.54, 1.807) is 13.0 Å². The predicted molar refractivity (Wildman–Crippen MR) is 71.5 cm³/mol. The van der Waals surface area contributed by atoms with Crippen molar-refractivity contribution in [3.05, 3.63) is 34.9 Å². The molecule has 2 rings (SSSR count). The van der Waals surface area contributed by atoms with Gasteiger partial charge in [0.25, 0.3) is 0 Å². The average molecular weight is 268 g/mol. The van der Waals surface area contributed by atoms with E-state index in [1.165, 1.54) is 0 Å². The van der Waals surface area contributed by atoms with Gasteiger partial charge in [-0.25, -0.2) is 0 Å². The highest BCUT2D eigenvalue weighted by atomic mass is 35.5. The Morgan fingerprint density at radius 2 is 2.28 bits per heavy atom. The summed E-state index contributed by atoms with van der Waals surface area (Å²) in [5, 5.41) is 10.2. The Morgan fingerprint density at radius 3 is 2.89 bits per heavy atom. The molecule has 1 fully saturated rings. The van der Waals surface area contributed by atoms with Crippen molar-refractivity contribution in [2.45, 2.75) is 25.9 Å². The molecule has 0 bridgehead atoms. The number of aliphatic hydroxyl groups is 1. The molecular weight excluding hydrogens is 250 g/mol. The van der Waals surface area contributed by atoms with Gasteiger partial charge in [-0.05, 0) is 25.0 Å². The zero-order valence-corrected chi connectivity index (χ0v) is 11.2. The fourth-order valence-corrected chi connectivity index (χ4v) is 2.53. The monoisotopic (exact) mass is 267 g/mol. The molecule has 0 radical (unpaired) electrons. The summed E-state index contributed by atoms with van der Waals surface area (Å²) in [5.74, 6) is 0.298. The SMILES string of the molecule is CC(O)C1CCN(C(=O)Cc2ccccc2Cl)C1. The number of halogens is 1. The third kappa shape index (κ3) is 3.03. The van der Waals surface area contributed by atoms with Crippen LogP contribution in [0.2, 0.25) is 5.02 Å². The van der Waals surface area contributed by atoms with Gasteiger partial charge in [-0.15, -0.1) is 0 Å². The molecule has 1 heterocycles. The number of amides is 1. The number of carbonyl (C=O) groups is 1. The van der Waals surface area contributed by atoms with E-state index >= 15 is 0 Å². The number of aliphatic hydroxyl groups excluding tert-OH is 1. The standard InChI is InChI=1S/C14H18ClNO2/c1-10(17)12-6-7-16(9-12)14(18)8-11-4-2-3-5-13(11)15/h2-5,10,12,17H,6-9H2,1H3. The number of likely N-dealkylation sites (tertiary alicyclic amines) is 1. The summed E-state index contributed by atoms with van der Waals surface area (Å²) < 4.78 is 0. The third-order valence-corrected chi connectivity index (χ3v) is 3.93. The number of benzene rings is 1. The largest absolute Gasteiger partial charge is 0.393 e. The highest BCUT2D eigenvalue weighted by Crippen LogP contribution is 2.22. The van der Waals surface area contributed by atoms with Gasteiger partial charge in [-0.1, -0.05) is 29.8 Å². The molecule has 98 valence electrons. The van der Waals surface area contributed by atoms with Gasteiger partial charge < -0.3 is 10.0 Å². The lowest BCUT2D eigenvalue weighted by Crippen LogP contribution is -2.31. The maximum atomic E-state index is 12.1. The van der Waals surface area contributed by atoms with Crippen molar-refractivity contribution in [2.24, 2.45) is 5.92 Å². The molecule has 4 heteroatoms. The fraction of sp³-hybridized carbons (Fsp3) is 0.500. The van der Waals surface area contributed by atoms with Crippen LogP contribution in [0.15, 0.2) is 24.3 Å². The van der Waals surface area contributed by atoms with Crippen LogP contribution in [0, 0.1) is 5.92 Å². The number of hydrogen-bond acceptors (Lipinski definition) is 2. The summed E-state index contributed by atoms with van der Waals surface area (Å²) >= 11 is 6.04. The van der Waals surface area contributed by atoms with E-state index in [1.807, 2.05) is 23.1 Å². The normalized spacial score (nSPS) is 21.1. The first-order valence-corrected chi connectivity index (χ1v) is 6.65. The van der Waals surface area contributed by atoms with Gasteiger partial charge in [-0.3, -0.25) is 4.79 Å². The average Bonchev–Trinajstić information content (AvgIpc) is 2.81. The fourth-order valence-electron chi connectivity index (χ4n) is 2.32. The van der Waals surface area contributed by atoms with Crippen molar-refractivity contribution >= 4 is 17.5 Å². The van der Waals surface area contributed by atoms with Crippen molar-refractivity contribution in [2.75, 3.05) is 13.1 Å². The molecular formula is C14H18ClNO2. The van der Waals surface area contributed by atoms with Gasteiger partial charge in [0, 0.05) is 24.0 Å². The molecule has 1 aromatic rings. The smallest absolute Gasteiger partial charge is 0.227 e. The Balaban J connectivity index is 1.96. The van der Waals surface area contributed by atoms with Crippen LogP contribution < -0.4 is 0 Å². The van der Waals surface area contributed by atoms with Crippen molar-refractivity contribution in [3.63, 3.8) is 0 Å². The van der Waals surface area contributed by atoms with E-state index < -0.39 is 0 Å². The molecule has 1 aliphatic heterocycles. The highest BCUT2D eigenvalue weighted by molar-refractivity contribution is 6.31. The second kappa shape index (κ2) is 5.72. The zero-order valence-electron chi connectivity index (χ0n) is 10.5. The van der Waals surface area contributed by atoms with Gasteiger partial charge in [0.05, 0.1) is 12.5 Å². The Morgan fingerprint density at radius 1 is 1.56 bits per heavy atom. The number of nitrogens with zero attached hydrogens (tertiary/aromatic N) is 1. The van der Waals surface area contributed by atoms with Crippen LogP contribution in [0.3, 0.4) is 0 Å². The summed E-state index contributed by atoms with van der Waals surface area (Å²) in [6.45, 7) is 3.17. The van der Waals surface area contributed by atoms with E-state index in [9.17, 15) is 9.90 Å². The minimum absolute atomic E-state index is 0.0891. The maximum Gasteiger partial charge on any atom is 0.227 e. The van der Waals surface area contributed by atoms with E-state index in [-0.39, 0.29) is 17.9 Å². The Hall–Kier alpha value is -1.06. The minimum atomic E-state index is -0.344. The van der Waals surface area contributed by atoms with E-state index in [0.717, 1.165) is 18.5 Å². The van der Waals surface area contributed by atoms with Crippen molar-refractivity contribution in [1.82, 2.24) is 4.90 Å². The quantitative estimate of drug-likeness (QED) is 0.911. The summed E-state index contributed by atoms with van der Waals surface area (Å²) in [6.07, 6.45) is 0.876. The topological polar surface area (TPSA) is 40.5 Å². The molecule has 0 aliphatic carbocycles. The molecule has 0 saturated carbocycles. The molecule has 2 unspecified atom stereocenters. The summed E-state index contributed by atoms with van der Waals surface area (Å²) in [4.78, 5) is 13.9. The van der Waals surface area contributed by atoms with E-state index in [4.69, 9.17) is 11.6 Å². The van der Waals surface area contributed by atoms with E-state index in [0.29, 0.717) is 18.0 Å². The molecule has 1 aliphatic rings. The van der Waals surface area contributed by atoms with Crippen LogP contribution >= 0.6 is 11.6 Å². The number of carbonyl (C=O) groups excluding carboxylic acids is 1. The second-order valence-electron chi connectivity index (χ2n) is 4.90. The second-order valence-corrected chi connectivity index (χ2v) is 5.30. The van der Waals surface area contributed by atoms with Gasteiger partial charge in [0.15, 0.2) is 0 Å². The molecule has 18 heavy (non-hydrogen) atoms. The Labute approximate surface area is 112 Å². The van der Waals surface area contributed by atoms with Crippen LogP contribution in [0.5, 0.6) is 0 Å². The van der Waals surface area contributed by atoms with Gasteiger partial charge in [0.1, 0.15) is 0 Å². The molecule has 1 saturated heterocycles. The number of hydrogen-bond donors (Lipinski definition) is 1.